The van der Waals surface area contributed by atoms with E-state index in [1.54, 1.807) is 6.92 Å². The highest BCUT2D eigenvalue weighted by Gasteiger charge is 2.17. The van der Waals surface area contributed by atoms with Crippen LogP contribution in [0.4, 0.5) is 8.78 Å². The van der Waals surface area contributed by atoms with Crippen molar-refractivity contribution in [3.05, 3.63) is 52.3 Å². The fourth-order valence-electron chi connectivity index (χ4n) is 2.18. The number of amides is 1. The highest BCUT2D eigenvalue weighted by atomic mass is 19.1. The lowest BCUT2D eigenvalue weighted by Crippen LogP contribution is -2.38. The van der Waals surface area contributed by atoms with Gasteiger partial charge in [0.1, 0.15) is 24.7 Å². The average Bonchev–Trinajstić information content (AvgIpc) is 2.57. The number of aromatic nitrogens is 2. The van der Waals surface area contributed by atoms with Crippen molar-refractivity contribution in [1.82, 2.24) is 14.7 Å². The lowest BCUT2D eigenvalue weighted by atomic mass is 10.1. The first kappa shape index (κ1) is 19.2. The normalized spacial score (nSPS) is 10.5. The van der Waals surface area contributed by atoms with Crippen molar-refractivity contribution in [3.8, 4) is 11.3 Å². The Morgan fingerprint density at radius 3 is 2.46 bits per heavy atom. The van der Waals surface area contributed by atoms with Gasteiger partial charge in [0.15, 0.2) is 0 Å². The van der Waals surface area contributed by atoms with Gasteiger partial charge in [0, 0.05) is 13.1 Å². The van der Waals surface area contributed by atoms with E-state index in [-0.39, 0.29) is 18.8 Å². The molecule has 26 heavy (non-hydrogen) atoms. The minimum Gasteiger partial charge on any atom is -0.465 e. The predicted molar refractivity (Wildman–Crippen MR) is 88.1 cm³/mol. The molecule has 0 N–H and O–H groups in total. The molecule has 0 bridgehead atoms. The summed E-state index contributed by atoms with van der Waals surface area (Å²) in [5.41, 5.74) is -1.14. The van der Waals surface area contributed by atoms with E-state index in [4.69, 9.17) is 4.74 Å². The van der Waals surface area contributed by atoms with E-state index in [1.165, 1.54) is 19.2 Å². The van der Waals surface area contributed by atoms with Crippen molar-refractivity contribution in [2.45, 2.75) is 13.5 Å². The molecule has 0 unspecified atom stereocenters. The van der Waals surface area contributed by atoms with Gasteiger partial charge >= 0.3 is 5.97 Å². The second kappa shape index (κ2) is 8.32. The van der Waals surface area contributed by atoms with Crippen LogP contribution in [-0.4, -0.2) is 46.8 Å². The van der Waals surface area contributed by atoms with Crippen LogP contribution < -0.4 is 5.56 Å². The summed E-state index contributed by atoms with van der Waals surface area (Å²) in [6.07, 6.45) is 0. The number of halogens is 2. The summed E-state index contributed by atoms with van der Waals surface area (Å²) in [7, 11) is 1.37. The summed E-state index contributed by atoms with van der Waals surface area (Å²) in [6, 6.07) is 5.57. The lowest BCUT2D eigenvalue weighted by molar-refractivity contribution is -0.148. The SMILES string of the molecule is CCOC(=O)CN(C)C(=O)Cn1nc(-c2c(F)cccc2F)ccc1=O. The zero-order valence-corrected chi connectivity index (χ0v) is 14.2. The number of hydrogen-bond acceptors (Lipinski definition) is 5. The van der Waals surface area contributed by atoms with Crippen LogP contribution in [0.1, 0.15) is 6.92 Å². The molecular formula is C17H17F2N3O4. The molecule has 138 valence electrons. The Labute approximate surface area is 147 Å². The highest BCUT2D eigenvalue weighted by Crippen LogP contribution is 2.23. The van der Waals surface area contributed by atoms with Crippen LogP contribution in [-0.2, 0) is 20.9 Å². The Kier molecular flexibility index (Phi) is 6.16. The molecule has 1 aromatic carbocycles. The lowest BCUT2D eigenvalue weighted by Gasteiger charge is -2.16. The van der Waals surface area contributed by atoms with Crippen molar-refractivity contribution < 1.29 is 23.1 Å². The number of hydrogen-bond donors (Lipinski definition) is 0. The number of likely N-dealkylation sites (N-methyl/N-ethyl adjacent to an activating group) is 1. The molecule has 0 saturated heterocycles. The maximum Gasteiger partial charge on any atom is 0.325 e. The minimum atomic E-state index is -0.839. The van der Waals surface area contributed by atoms with Crippen LogP contribution in [0, 0.1) is 11.6 Å². The third-order valence-electron chi connectivity index (χ3n) is 3.47. The zero-order chi connectivity index (χ0) is 19.3. The smallest absolute Gasteiger partial charge is 0.325 e. The Morgan fingerprint density at radius 1 is 1.19 bits per heavy atom. The summed E-state index contributed by atoms with van der Waals surface area (Å²) < 4.78 is 33.3. The number of nitrogens with zero attached hydrogens (tertiary/aromatic N) is 3. The molecule has 2 rings (SSSR count). The van der Waals surface area contributed by atoms with Gasteiger partial charge in [-0.1, -0.05) is 6.07 Å². The van der Waals surface area contributed by atoms with Gasteiger partial charge in [0.25, 0.3) is 5.56 Å². The van der Waals surface area contributed by atoms with Crippen LogP contribution >= 0.6 is 0 Å². The van der Waals surface area contributed by atoms with E-state index < -0.39 is 41.2 Å². The minimum absolute atomic E-state index is 0.124. The van der Waals surface area contributed by atoms with Gasteiger partial charge in [-0.3, -0.25) is 14.4 Å². The summed E-state index contributed by atoms with van der Waals surface area (Å²) in [5.74, 6) is -2.86. The quantitative estimate of drug-likeness (QED) is 0.719. The monoisotopic (exact) mass is 365 g/mol. The van der Waals surface area contributed by atoms with Gasteiger partial charge in [-0.15, -0.1) is 0 Å². The number of carbonyl (C=O) groups is 2. The predicted octanol–water partition coefficient (Wildman–Crippen LogP) is 1.21. The summed E-state index contributed by atoms with van der Waals surface area (Å²) in [5, 5.41) is 3.86. The number of rotatable bonds is 6. The molecule has 2 aromatic rings. The highest BCUT2D eigenvalue weighted by molar-refractivity contribution is 5.81. The molecular weight excluding hydrogens is 348 g/mol. The Bertz CT molecular complexity index is 862. The first-order valence-corrected chi connectivity index (χ1v) is 7.75. The second-order valence-electron chi connectivity index (χ2n) is 5.37. The van der Waals surface area contributed by atoms with E-state index in [9.17, 15) is 23.2 Å². The summed E-state index contributed by atoms with van der Waals surface area (Å²) in [6.45, 7) is 1.04. The number of ether oxygens (including phenoxy) is 1. The standard InChI is InChI=1S/C17H17F2N3O4/c1-3-26-16(25)10-21(2)15(24)9-22-14(23)8-7-13(20-22)17-11(18)5-4-6-12(17)19/h4-8H,3,9-10H2,1-2H3. The molecule has 0 spiro atoms. The number of benzene rings is 1. The number of carbonyl (C=O) groups excluding carboxylic acids is 2. The number of esters is 1. The molecule has 7 nitrogen and oxygen atoms in total. The maximum absolute atomic E-state index is 13.9. The fraction of sp³-hybridized carbons (Fsp3) is 0.294. The van der Waals surface area contributed by atoms with Crippen molar-refractivity contribution in [2.24, 2.45) is 0 Å². The van der Waals surface area contributed by atoms with Crippen molar-refractivity contribution in [1.29, 1.82) is 0 Å². The van der Waals surface area contributed by atoms with Gasteiger partial charge < -0.3 is 9.64 Å². The van der Waals surface area contributed by atoms with Gasteiger partial charge in [0.2, 0.25) is 5.91 Å². The molecule has 0 aliphatic carbocycles. The second-order valence-corrected chi connectivity index (χ2v) is 5.37. The van der Waals surface area contributed by atoms with Crippen LogP contribution in [0.3, 0.4) is 0 Å². The topological polar surface area (TPSA) is 81.5 Å². The molecule has 1 aromatic heterocycles. The largest absolute Gasteiger partial charge is 0.465 e. The molecule has 0 fully saturated rings. The van der Waals surface area contributed by atoms with Gasteiger partial charge in [-0.25, -0.2) is 13.5 Å². The van der Waals surface area contributed by atoms with Crippen LogP contribution in [0.2, 0.25) is 0 Å². The molecule has 0 aliphatic heterocycles. The maximum atomic E-state index is 13.9. The molecule has 0 aliphatic rings. The molecule has 0 saturated carbocycles. The van der Waals surface area contributed by atoms with Crippen molar-refractivity contribution in [2.75, 3.05) is 20.2 Å². The van der Waals surface area contributed by atoms with Crippen LogP contribution in [0.25, 0.3) is 11.3 Å². The Morgan fingerprint density at radius 2 is 1.85 bits per heavy atom. The van der Waals surface area contributed by atoms with E-state index in [2.05, 4.69) is 5.10 Å². The molecule has 1 amide bonds. The molecule has 0 radical (unpaired) electrons. The van der Waals surface area contributed by atoms with Gasteiger partial charge in [-0.05, 0) is 25.1 Å². The fourth-order valence-corrected chi connectivity index (χ4v) is 2.18. The molecule has 0 atom stereocenters. The third kappa shape index (κ3) is 4.50. The first-order valence-electron chi connectivity index (χ1n) is 7.75. The zero-order valence-electron chi connectivity index (χ0n) is 14.2. The average molecular weight is 365 g/mol. The summed E-state index contributed by atoms with van der Waals surface area (Å²) in [4.78, 5) is 36.5. The van der Waals surface area contributed by atoms with Crippen LogP contribution in [0.5, 0.6) is 0 Å². The van der Waals surface area contributed by atoms with Crippen molar-refractivity contribution in [3.63, 3.8) is 0 Å². The van der Waals surface area contributed by atoms with Gasteiger partial charge in [0.05, 0.1) is 17.9 Å². The third-order valence-corrected chi connectivity index (χ3v) is 3.47. The van der Waals surface area contributed by atoms with Gasteiger partial charge in [-0.2, -0.15) is 5.10 Å². The van der Waals surface area contributed by atoms with E-state index in [1.807, 2.05) is 0 Å². The van der Waals surface area contributed by atoms with Crippen LogP contribution in [0.15, 0.2) is 35.1 Å². The van der Waals surface area contributed by atoms with E-state index in [0.717, 1.165) is 27.8 Å². The Balaban J connectivity index is 2.24. The van der Waals surface area contributed by atoms with Crippen molar-refractivity contribution >= 4 is 11.9 Å². The van der Waals surface area contributed by atoms with E-state index >= 15 is 0 Å². The Hall–Kier alpha value is -3.10. The first-order chi connectivity index (χ1) is 12.3. The molecule has 1 heterocycles. The summed E-state index contributed by atoms with van der Waals surface area (Å²) >= 11 is 0. The van der Waals surface area contributed by atoms with E-state index in [0.29, 0.717) is 0 Å². The molecule has 9 heteroatoms.